The van der Waals surface area contributed by atoms with Gasteiger partial charge in [0.1, 0.15) is 0 Å². The van der Waals surface area contributed by atoms with E-state index < -0.39 is 0 Å². The van der Waals surface area contributed by atoms with E-state index in [4.69, 9.17) is 0 Å². The van der Waals surface area contributed by atoms with E-state index in [1.54, 1.807) is 22.3 Å². The molecule has 0 saturated heterocycles. The predicted molar refractivity (Wildman–Crippen MR) is 133 cm³/mol. The van der Waals surface area contributed by atoms with Gasteiger partial charge in [-0.15, -0.1) is 0 Å². The van der Waals surface area contributed by atoms with Gasteiger partial charge >= 0.3 is 0 Å². The van der Waals surface area contributed by atoms with E-state index in [-0.39, 0.29) is 10.8 Å². The van der Waals surface area contributed by atoms with Gasteiger partial charge in [0.15, 0.2) is 0 Å². The fraction of sp³-hybridized carbons (Fsp3) is 0.586. The van der Waals surface area contributed by atoms with Gasteiger partial charge in [0, 0.05) is 5.41 Å². The van der Waals surface area contributed by atoms with Gasteiger partial charge in [-0.05, 0) is 61.5 Å². The fourth-order valence-corrected chi connectivity index (χ4v) is 4.30. The van der Waals surface area contributed by atoms with Crippen LogP contribution in [0.1, 0.15) is 88.5 Å². The highest BCUT2D eigenvalue weighted by atomic mass is 14.4. The largest absolute Gasteiger partial charge is 0.0848 e. The molecule has 0 saturated carbocycles. The lowest BCUT2D eigenvalue weighted by Crippen LogP contribution is -2.37. The normalized spacial score (nSPS) is 27.6. The lowest BCUT2D eigenvalue weighted by atomic mass is 9.58. The molecule has 0 aromatic rings. The van der Waals surface area contributed by atoms with Crippen molar-refractivity contribution in [1.29, 1.82) is 0 Å². The minimum Gasteiger partial charge on any atom is -0.0848 e. The van der Waals surface area contributed by atoms with Crippen LogP contribution < -0.4 is 0 Å². The van der Waals surface area contributed by atoms with Crippen LogP contribution in [0.2, 0.25) is 0 Å². The fourth-order valence-electron chi connectivity index (χ4n) is 4.30. The molecule has 0 aliphatic heterocycles. The summed E-state index contributed by atoms with van der Waals surface area (Å²) in [6.45, 7) is 22.6. The van der Waals surface area contributed by atoms with E-state index in [0.29, 0.717) is 11.8 Å². The predicted octanol–water partition coefficient (Wildman–Crippen LogP) is 9.39. The van der Waals surface area contributed by atoms with Gasteiger partial charge < -0.3 is 0 Å². The van der Waals surface area contributed by atoms with Gasteiger partial charge in [0.2, 0.25) is 0 Å². The molecule has 0 spiro atoms. The third kappa shape index (κ3) is 5.97. The molecule has 2 rings (SSSR count). The summed E-state index contributed by atoms with van der Waals surface area (Å²) in [6, 6.07) is 0. The zero-order chi connectivity index (χ0) is 22.2. The van der Waals surface area contributed by atoms with E-state index >= 15 is 0 Å². The van der Waals surface area contributed by atoms with Crippen molar-refractivity contribution in [2.45, 2.75) is 88.5 Å². The van der Waals surface area contributed by atoms with E-state index in [2.05, 4.69) is 104 Å². The summed E-state index contributed by atoms with van der Waals surface area (Å²) >= 11 is 0. The SMILES string of the molecule is CC.CC/C=C\C=C/C(C)C1=C(C)C(C)CC(C)=C1C/C=C\C1(C)C=CC1(C)C. The van der Waals surface area contributed by atoms with Crippen LogP contribution in [-0.4, -0.2) is 0 Å². The minimum atomic E-state index is 0.193. The highest BCUT2D eigenvalue weighted by molar-refractivity contribution is 5.46. The molecule has 29 heavy (non-hydrogen) atoms. The van der Waals surface area contributed by atoms with Gasteiger partial charge in [-0.25, -0.2) is 0 Å². The Hall–Kier alpha value is -1.56. The number of allylic oxidation sites excluding steroid dienone is 12. The molecule has 0 heterocycles. The Morgan fingerprint density at radius 3 is 2.24 bits per heavy atom. The quantitative estimate of drug-likeness (QED) is 0.298. The highest BCUT2D eigenvalue weighted by Crippen LogP contribution is 2.50. The maximum absolute atomic E-state index is 2.43. The molecule has 0 aromatic carbocycles. The zero-order valence-corrected chi connectivity index (χ0v) is 20.9. The number of hydrogen-bond acceptors (Lipinski definition) is 0. The minimum absolute atomic E-state index is 0.193. The lowest BCUT2D eigenvalue weighted by Gasteiger charge is -2.46. The second-order valence-electron chi connectivity index (χ2n) is 9.41. The zero-order valence-electron chi connectivity index (χ0n) is 20.9. The summed E-state index contributed by atoms with van der Waals surface area (Å²) in [4.78, 5) is 0. The Morgan fingerprint density at radius 2 is 1.72 bits per heavy atom. The van der Waals surface area contributed by atoms with Gasteiger partial charge in [0.05, 0.1) is 0 Å². The lowest BCUT2D eigenvalue weighted by molar-refractivity contribution is 0.226. The number of rotatable bonds is 7. The highest BCUT2D eigenvalue weighted by Gasteiger charge is 2.41. The van der Waals surface area contributed by atoms with E-state index in [9.17, 15) is 0 Å². The molecule has 2 aliphatic carbocycles. The molecule has 0 fully saturated rings. The van der Waals surface area contributed by atoms with Crippen molar-refractivity contribution in [1.82, 2.24) is 0 Å². The first kappa shape index (κ1) is 25.5. The molecule has 0 nitrogen and oxygen atoms in total. The molecule has 0 bridgehead atoms. The van der Waals surface area contributed by atoms with Gasteiger partial charge in [-0.3, -0.25) is 0 Å². The van der Waals surface area contributed by atoms with Crippen LogP contribution >= 0.6 is 0 Å². The van der Waals surface area contributed by atoms with Crippen molar-refractivity contribution >= 4 is 0 Å². The second kappa shape index (κ2) is 11.0. The summed E-state index contributed by atoms with van der Waals surface area (Å²) in [6.07, 6.45) is 21.9. The maximum Gasteiger partial charge on any atom is 0.0119 e. The van der Waals surface area contributed by atoms with Crippen LogP contribution in [0.15, 0.2) is 70.9 Å². The van der Waals surface area contributed by atoms with Crippen LogP contribution in [0.3, 0.4) is 0 Å². The summed E-state index contributed by atoms with van der Waals surface area (Å²) in [5, 5.41) is 0. The Kier molecular flexibility index (Phi) is 9.66. The van der Waals surface area contributed by atoms with Gasteiger partial charge in [0.25, 0.3) is 0 Å². The number of hydrogen-bond donors (Lipinski definition) is 0. The standard InChI is InChI=1S/C27H40.C2H6/c1-9-10-11-12-14-20(2)25-23(5)21(3)19-22(4)24(25)15-13-16-27(8)18-17-26(27,6)7;1-2/h10-14,16-18,20-21H,9,15,19H2,1-8H3;1-2H3/b11-10-,14-12-,16-13-;. The van der Waals surface area contributed by atoms with Crippen LogP contribution in [-0.2, 0) is 0 Å². The summed E-state index contributed by atoms with van der Waals surface area (Å²) in [5.41, 5.74) is 6.76. The average Bonchev–Trinajstić information content (AvgIpc) is 2.69. The van der Waals surface area contributed by atoms with E-state index in [1.807, 2.05) is 13.8 Å². The Labute approximate surface area is 182 Å². The topological polar surface area (TPSA) is 0 Å². The Morgan fingerprint density at radius 1 is 1.07 bits per heavy atom. The van der Waals surface area contributed by atoms with Crippen molar-refractivity contribution in [2.24, 2.45) is 22.7 Å². The van der Waals surface area contributed by atoms with Crippen molar-refractivity contribution < 1.29 is 0 Å². The third-order valence-corrected chi connectivity index (χ3v) is 6.98. The molecule has 2 aliphatic rings. The van der Waals surface area contributed by atoms with Gasteiger partial charge in [-0.2, -0.15) is 0 Å². The van der Waals surface area contributed by atoms with Crippen LogP contribution in [0.5, 0.6) is 0 Å². The molecular weight excluding hydrogens is 348 g/mol. The maximum atomic E-state index is 2.43. The van der Waals surface area contributed by atoms with Crippen molar-refractivity contribution in [3.63, 3.8) is 0 Å². The second-order valence-corrected chi connectivity index (χ2v) is 9.41. The van der Waals surface area contributed by atoms with Crippen molar-refractivity contribution in [3.8, 4) is 0 Å². The van der Waals surface area contributed by atoms with E-state index in [1.165, 1.54) is 6.42 Å². The Bertz CT molecular complexity index is 717. The van der Waals surface area contributed by atoms with Crippen LogP contribution in [0, 0.1) is 22.7 Å². The first-order valence-electron chi connectivity index (χ1n) is 11.7. The van der Waals surface area contributed by atoms with Crippen LogP contribution in [0.25, 0.3) is 0 Å². The molecule has 0 heteroatoms. The monoisotopic (exact) mass is 394 g/mol. The molecule has 3 atom stereocenters. The summed E-state index contributed by atoms with van der Waals surface area (Å²) in [7, 11) is 0. The van der Waals surface area contributed by atoms with Crippen LogP contribution in [0.4, 0.5) is 0 Å². The molecule has 0 N–H and O–H groups in total. The molecule has 3 unspecified atom stereocenters. The van der Waals surface area contributed by atoms with Gasteiger partial charge in [-0.1, -0.05) is 115 Å². The summed E-state index contributed by atoms with van der Waals surface area (Å²) in [5.74, 6) is 1.11. The molecule has 0 aromatic heterocycles. The molecule has 0 radical (unpaired) electrons. The van der Waals surface area contributed by atoms with Crippen molar-refractivity contribution in [3.05, 3.63) is 70.9 Å². The third-order valence-electron chi connectivity index (χ3n) is 6.98. The molecule has 162 valence electrons. The van der Waals surface area contributed by atoms with E-state index in [0.717, 1.165) is 12.8 Å². The van der Waals surface area contributed by atoms with Crippen molar-refractivity contribution in [2.75, 3.05) is 0 Å². The molecule has 0 amide bonds. The first-order chi connectivity index (χ1) is 13.6. The summed E-state index contributed by atoms with van der Waals surface area (Å²) < 4.78 is 0. The first-order valence-corrected chi connectivity index (χ1v) is 11.7. The Balaban J connectivity index is 0.00000204. The average molecular weight is 395 g/mol. The smallest absolute Gasteiger partial charge is 0.0119 e. The molecular formula is C29H46.